The van der Waals surface area contributed by atoms with E-state index in [0.29, 0.717) is 11.8 Å². The van der Waals surface area contributed by atoms with Crippen LogP contribution in [0.25, 0.3) is 0 Å². The summed E-state index contributed by atoms with van der Waals surface area (Å²) in [7, 11) is 0. The first-order valence-corrected chi connectivity index (χ1v) is 6.18. The number of hydrogen-bond donors (Lipinski definition) is 1. The third-order valence-corrected chi connectivity index (χ3v) is 3.96. The van der Waals surface area contributed by atoms with Gasteiger partial charge in [-0.3, -0.25) is 0 Å². The number of hydrogen-bond acceptors (Lipinski definition) is 2. The van der Waals surface area contributed by atoms with Gasteiger partial charge in [-0.1, -0.05) is 33.6 Å². The molecule has 1 fully saturated rings. The number of rotatable bonds is 3. The summed E-state index contributed by atoms with van der Waals surface area (Å²) in [6, 6.07) is 2.30. The summed E-state index contributed by atoms with van der Waals surface area (Å²) >= 11 is 0. The molecule has 0 aromatic heterocycles. The molecule has 3 atom stereocenters. The molecule has 1 saturated carbocycles. The van der Waals surface area contributed by atoms with Gasteiger partial charge >= 0.3 is 0 Å². The average Bonchev–Trinajstić information content (AvgIpc) is 2.19. The summed E-state index contributed by atoms with van der Waals surface area (Å²) in [5, 5.41) is 19.9. The van der Waals surface area contributed by atoms with E-state index < -0.39 is 5.60 Å². The summed E-state index contributed by atoms with van der Waals surface area (Å²) in [5.74, 6) is 0.582. The van der Waals surface area contributed by atoms with Crippen molar-refractivity contribution in [2.45, 2.75) is 58.5 Å². The van der Waals surface area contributed by atoms with Crippen molar-refractivity contribution in [1.82, 2.24) is 0 Å². The molecule has 0 heterocycles. The standard InChI is InChI=1S/C13H23NO/c1-4-11(9-14)13(15)8-6-5-7-12(13)10(2)3/h10-12,15H,4-8H2,1-3H3. The van der Waals surface area contributed by atoms with Gasteiger partial charge in [0, 0.05) is 0 Å². The van der Waals surface area contributed by atoms with Crippen molar-refractivity contribution in [3.63, 3.8) is 0 Å². The fourth-order valence-electron chi connectivity index (χ4n) is 3.11. The molecule has 2 nitrogen and oxygen atoms in total. The van der Waals surface area contributed by atoms with Gasteiger partial charge in [-0.05, 0) is 31.1 Å². The van der Waals surface area contributed by atoms with Crippen LogP contribution in [0.1, 0.15) is 52.9 Å². The molecule has 1 rings (SSSR count). The summed E-state index contributed by atoms with van der Waals surface area (Å²) in [6.07, 6.45) is 4.91. The molecule has 15 heavy (non-hydrogen) atoms. The Kier molecular flexibility index (Phi) is 4.16. The molecule has 0 aliphatic heterocycles. The largest absolute Gasteiger partial charge is 0.388 e. The van der Waals surface area contributed by atoms with E-state index in [0.717, 1.165) is 25.7 Å². The summed E-state index contributed by atoms with van der Waals surface area (Å²) in [6.45, 7) is 6.31. The molecule has 0 aromatic carbocycles. The summed E-state index contributed by atoms with van der Waals surface area (Å²) in [5.41, 5.74) is -0.726. The molecular weight excluding hydrogens is 186 g/mol. The van der Waals surface area contributed by atoms with Crippen LogP contribution in [0.4, 0.5) is 0 Å². The van der Waals surface area contributed by atoms with Crippen molar-refractivity contribution in [3.8, 4) is 6.07 Å². The Labute approximate surface area is 93.3 Å². The van der Waals surface area contributed by atoms with Gasteiger partial charge in [0.05, 0.1) is 17.6 Å². The molecule has 0 spiro atoms. The van der Waals surface area contributed by atoms with Crippen LogP contribution < -0.4 is 0 Å². The van der Waals surface area contributed by atoms with Crippen LogP contribution in [-0.4, -0.2) is 10.7 Å². The molecule has 0 bridgehead atoms. The monoisotopic (exact) mass is 209 g/mol. The Morgan fingerprint density at radius 2 is 2.13 bits per heavy atom. The van der Waals surface area contributed by atoms with E-state index in [1.165, 1.54) is 6.42 Å². The molecule has 0 aromatic rings. The second-order valence-corrected chi connectivity index (χ2v) is 5.18. The lowest BCUT2D eigenvalue weighted by Crippen LogP contribution is -2.48. The van der Waals surface area contributed by atoms with E-state index >= 15 is 0 Å². The van der Waals surface area contributed by atoms with Crippen LogP contribution in [0.15, 0.2) is 0 Å². The van der Waals surface area contributed by atoms with Crippen LogP contribution in [-0.2, 0) is 0 Å². The highest BCUT2D eigenvalue weighted by molar-refractivity contribution is 5.03. The maximum absolute atomic E-state index is 10.7. The first-order valence-electron chi connectivity index (χ1n) is 6.18. The van der Waals surface area contributed by atoms with Crippen LogP contribution in [0.5, 0.6) is 0 Å². The zero-order valence-corrected chi connectivity index (χ0v) is 10.2. The molecule has 2 heteroatoms. The van der Waals surface area contributed by atoms with E-state index in [2.05, 4.69) is 19.9 Å². The third kappa shape index (κ3) is 2.34. The Morgan fingerprint density at radius 1 is 1.47 bits per heavy atom. The fourth-order valence-corrected chi connectivity index (χ4v) is 3.11. The van der Waals surface area contributed by atoms with Gasteiger partial charge in [0.25, 0.3) is 0 Å². The molecule has 1 aliphatic rings. The predicted molar refractivity (Wildman–Crippen MR) is 61.1 cm³/mol. The van der Waals surface area contributed by atoms with E-state index in [-0.39, 0.29) is 5.92 Å². The van der Waals surface area contributed by atoms with E-state index in [4.69, 9.17) is 5.26 Å². The lowest BCUT2D eigenvalue weighted by Gasteiger charge is -2.44. The van der Waals surface area contributed by atoms with E-state index in [9.17, 15) is 5.11 Å². The Morgan fingerprint density at radius 3 is 2.60 bits per heavy atom. The third-order valence-electron chi connectivity index (χ3n) is 3.96. The smallest absolute Gasteiger partial charge is 0.0835 e. The van der Waals surface area contributed by atoms with Crippen molar-refractivity contribution in [3.05, 3.63) is 0 Å². The van der Waals surface area contributed by atoms with Crippen molar-refractivity contribution >= 4 is 0 Å². The quantitative estimate of drug-likeness (QED) is 0.776. The van der Waals surface area contributed by atoms with Gasteiger partial charge < -0.3 is 5.11 Å². The summed E-state index contributed by atoms with van der Waals surface area (Å²) < 4.78 is 0. The minimum atomic E-state index is -0.726. The molecule has 0 radical (unpaired) electrons. The van der Waals surface area contributed by atoms with Crippen LogP contribution in [0, 0.1) is 29.1 Å². The lowest BCUT2D eigenvalue weighted by molar-refractivity contribution is -0.0952. The van der Waals surface area contributed by atoms with Crippen molar-refractivity contribution in [2.24, 2.45) is 17.8 Å². The van der Waals surface area contributed by atoms with Gasteiger partial charge in [-0.25, -0.2) is 0 Å². The van der Waals surface area contributed by atoms with E-state index in [1.807, 2.05) is 6.92 Å². The van der Waals surface area contributed by atoms with Crippen molar-refractivity contribution in [2.75, 3.05) is 0 Å². The normalized spacial score (nSPS) is 33.7. The molecule has 1 N–H and O–H groups in total. The average molecular weight is 209 g/mol. The second kappa shape index (κ2) is 4.99. The van der Waals surface area contributed by atoms with Crippen molar-refractivity contribution < 1.29 is 5.11 Å². The topological polar surface area (TPSA) is 44.0 Å². The zero-order chi connectivity index (χ0) is 11.5. The molecular formula is C13H23NO. The minimum Gasteiger partial charge on any atom is -0.388 e. The first-order chi connectivity index (χ1) is 7.06. The maximum Gasteiger partial charge on any atom is 0.0835 e. The fraction of sp³-hybridized carbons (Fsp3) is 0.923. The SMILES string of the molecule is CCC(C#N)C1(O)CCCCC1C(C)C. The predicted octanol–water partition coefficient (Wildman–Crippen LogP) is 3.11. The Hall–Kier alpha value is -0.550. The second-order valence-electron chi connectivity index (χ2n) is 5.18. The van der Waals surface area contributed by atoms with Gasteiger partial charge in [0.2, 0.25) is 0 Å². The number of aliphatic hydroxyl groups is 1. The molecule has 3 unspecified atom stereocenters. The van der Waals surface area contributed by atoms with Crippen molar-refractivity contribution in [1.29, 1.82) is 5.26 Å². The van der Waals surface area contributed by atoms with Gasteiger partial charge in [-0.15, -0.1) is 0 Å². The van der Waals surface area contributed by atoms with Crippen LogP contribution >= 0.6 is 0 Å². The molecule has 1 aliphatic carbocycles. The highest BCUT2D eigenvalue weighted by Crippen LogP contribution is 2.43. The highest BCUT2D eigenvalue weighted by Gasteiger charge is 2.45. The maximum atomic E-state index is 10.7. The molecule has 86 valence electrons. The number of nitrogens with zero attached hydrogens (tertiary/aromatic N) is 1. The first kappa shape index (κ1) is 12.5. The molecule has 0 amide bonds. The number of nitriles is 1. The van der Waals surface area contributed by atoms with Gasteiger partial charge in [0.15, 0.2) is 0 Å². The van der Waals surface area contributed by atoms with Gasteiger partial charge in [-0.2, -0.15) is 5.26 Å². The molecule has 0 saturated heterocycles. The minimum absolute atomic E-state index is 0.190. The zero-order valence-electron chi connectivity index (χ0n) is 10.2. The van der Waals surface area contributed by atoms with Crippen LogP contribution in [0.3, 0.4) is 0 Å². The highest BCUT2D eigenvalue weighted by atomic mass is 16.3. The van der Waals surface area contributed by atoms with Gasteiger partial charge in [0.1, 0.15) is 0 Å². The van der Waals surface area contributed by atoms with Crippen LogP contribution in [0.2, 0.25) is 0 Å². The Balaban J connectivity index is 2.90. The lowest BCUT2D eigenvalue weighted by atomic mass is 9.64. The summed E-state index contributed by atoms with van der Waals surface area (Å²) in [4.78, 5) is 0. The van der Waals surface area contributed by atoms with E-state index in [1.54, 1.807) is 0 Å². The Bertz CT molecular complexity index is 243.